The molecular formula is C53H102O6. The Bertz CT molecular complexity index is 904. The van der Waals surface area contributed by atoms with E-state index < -0.39 is 6.10 Å². The predicted octanol–water partition coefficient (Wildman–Crippen LogP) is 16.9. The second-order valence-electron chi connectivity index (χ2n) is 18.6. The Morgan fingerprint density at radius 2 is 0.593 bits per heavy atom. The summed E-state index contributed by atoms with van der Waals surface area (Å²) < 4.78 is 16.8. The molecule has 350 valence electrons. The van der Waals surface area contributed by atoms with Crippen molar-refractivity contribution >= 4 is 17.9 Å². The van der Waals surface area contributed by atoms with Crippen LogP contribution in [0.4, 0.5) is 0 Å². The minimum Gasteiger partial charge on any atom is -0.462 e. The van der Waals surface area contributed by atoms with E-state index in [1.807, 2.05) is 0 Å². The second-order valence-corrected chi connectivity index (χ2v) is 18.6. The first-order valence-corrected chi connectivity index (χ1v) is 26.3. The molecule has 6 nitrogen and oxygen atoms in total. The zero-order chi connectivity index (χ0) is 43.3. The van der Waals surface area contributed by atoms with Crippen LogP contribution >= 0.6 is 0 Å². The molecule has 0 saturated heterocycles. The van der Waals surface area contributed by atoms with E-state index >= 15 is 0 Å². The molecule has 6 heteroatoms. The molecule has 3 atom stereocenters. The van der Waals surface area contributed by atoms with Gasteiger partial charge in [0.2, 0.25) is 0 Å². The fraction of sp³-hybridized carbons (Fsp3) is 0.943. The molecule has 0 N–H and O–H groups in total. The van der Waals surface area contributed by atoms with Crippen molar-refractivity contribution in [2.24, 2.45) is 11.8 Å². The van der Waals surface area contributed by atoms with Gasteiger partial charge in [-0.15, -0.1) is 0 Å². The van der Waals surface area contributed by atoms with Gasteiger partial charge in [0.15, 0.2) is 6.10 Å². The zero-order valence-electron chi connectivity index (χ0n) is 40.4. The Hall–Kier alpha value is -1.59. The average molecular weight is 835 g/mol. The van der Waals surface area contributed by atoms with Gasteiger partial charge in [0.05, 0.1) is 0 Å². The zero-order valence-corrected chi connectivity index (χ0v) is 40.4. The summed E-state index contributed by atoms with van der Waals surface area (Å²) in [6.45, 7) is 11.4. The quantitative estimate of drug-likeness (QED) is 0.0345. The van der Waals surface area contributed by atoms with Crippen LogP contribution in [0.5, 0.6) is 0 Å². The molecule has 0 aromatic heterocycles. The second kappa shape index (κ2) is 45.9. The Balaban J connectivity index is 4.27. The minimum atomic E-state index is -0.762. The van der Waals surface area contributed by atoms with Gasteiger partial charge in [-0.3, -0.25) is 14.4 Å². The molecule has 59 heavy (non-hydrogen) atoms. The summed E-state index contributed by atoms with van der Waals surface area (Å²) in [4.78, 5) is 37.9. The van der Waals surface area contributed by atoms with E-state index in [-0.39, 0.29) is 31.1 Å². The van der Waals surface area contributed by atoms with Crippen molar-refractivity contribution in [1.82, 2.24) is 0 Å². The van der Waals surface area contributed by atoms with Crippen molar-refractivity contribution in [1.29, 1.82) is 0 Å². The van der Waals surface area contributed by atoms with Crippen molar-refractivity contribution < 1.29 is 28.6 Å². The molecule has 0 heterocycles. The highest BCUT2D eigenvalue weighted by molar-refractivity contribution is 5.71. The van der Waals surface area contributed by atoms with Gasteiger partial charge < -0.3 is 14.2 Å². The molecule has 0 aliphatic rings. The van der Waals surface area contributed by atoms with Crippen molar-refractivity contribution in [2.45, 2.75) is 298 Å². The van der Waals surface area contributed by atoms with Crippen molar-refractivity contribution in [3.05, 3.63) is 0 Å². The number of carbonyl (C=O) groups excluding carboxylic acids is 3. The first-order chi connectivity index (χ1) is 28.8. The van der Waals surface area contributed by atoms with E-state index in [0.717, 1.165) is 69.6 Å². The van der Waals surface area contributed by atoms with Gasteiger partial charge in [0.1, 0.15) is 13.2 Å². The van der Waals surface area contributed by atoms with Gasteiger partial charge in [-0.2, -0.15) is 0 Å². The molecule has 0 aliphatic carbocycles. The molecule has 0 aromatic carbocycles. The molecule has 0 aliphatic heterocycles. The Morgan fingerprint density at radius 3 is 0.881 bits per heavy atom. The smallest absolute Gasteiger partial charge is 0.306 e. The summed E-state index contributed by atoms with van der Waals surface area (Å²) in [5, 5.41) is 0. The van der Waals surface area contributed by atoms with Crippen LogP contribution in [0.3, 0.4) is 0 Å². The number of unbranched alkanes of at least 4 members (excludes halogenated alkanes) is 30. The fourth-order valence-electron chi connectivity index (χ4n) is 7.93. The molecule has 0 bridgehead atoms. The van der Waals surface area contributed by atoms with Crippen LogP contribution in [0, 0.1) is 11.8 Å². The molecule has 0 saturated carbocycles. The van der Waals surface area contributed by atoms with Crippen LogP contribution in [0.1, 0.15) is 291 Å². The molecule has 0 spiro atoms. The third-order valence-electron chi connectivity index (χ3n) is 12.7. The molecule has 0 radical (unpaired) electrons. The minimum absolute atomic E-state index is 0.0651. The van der Waals surface area contributed by atoms with Crippen molar-refractivity contribution in [3.8, 4) is 0 Å². The lowest BCUT2D eigenvalue weighted by Gasteiger charge is -2.18. The van der Waals surface area contributed by atoms with Crippen LogP contribution in [0.15, 0.2) is 0 Å². The van der Waals surface area contributed by atoms with Gasteiger partial charge in [0.25, 0.3) is 0 Å². The number of rotatable bonds is 47. The molecule has 0 fully saturated rings. The highest BCUT2D eigenvalue weighted by Crippen LogP contribution is 2.18. The summed E-state index contributed by atoms with van der Waals surface area (Å²) in [6.07, 6.45) is 46.6. The predicted molar refractivity (Wildman–Crippen MR) is 252 cm³/mol. The van der Waals surface area contributed by atoms with E-state index in [9.17, 15) is 14.4 Å². The van der Waals surface area contributed by atoms with Crippen LogP contribution in [-0.2, 0) is 28.6 Å². The first kappa shape index (κ1) is 57.4. The lowest BCUT2D eigenvalue weighted by Crippen LogP contribution is -2.30. The topological polar surface area (TPSA) is 78.9 Å². The summed E-state index contributed by atoms with van der Waals surface area (Å²) in [7, 11) is 0. The van der Waals surface area contributed by atoms with Gasteiger partial charge in [0, 0.05) is 19.3 Å². The monoisotopic (exact) mass is 835 g/mol. The average Bonchev–Trinajstić information content (AvgIpc) is 3.23. The summed E-state index contributed by atoms with van der Waals surface area (Å²) in [6, 6.07) is 0. The summed E-state index contributed by atoms with van der Waals surface area (Å²) in [5.74, 6) is 0.809. The lowest BCUT2D eigenvalue weighted by atomic mass is 9.99. The summed E-state index contributed by atoms with van der Waals surface area (Å²) >= 11 is 0. The number of esters is 3. The normalized spacial score (nSPS) is 13.0. The largest absolute Gasteiger partial charge is 0.462 e. The van der Waals surface area contributed by atoms with Gasteiger partial charge in [-0.05, 0) is 31.1 Å². The Morgan fingerprint density at radius 1 is 0.339 bits per heavy atom. The van der Waals surface area contributed by atoms with E-state index in [1.165, 1.54) is 180 Å². The van der Waals surface area contributed by atoms with E-state index in [0.29, 0.717) is 19.3 Å². The maximum Gasteiger partial charge on any atom is 0.306 e. The standard InChI is InChI=1S/C53H102O6/c1-6-9-10-11-12-13-14-15-16-17-18-19-20-21-22-23-28-35-40-45-53(56)59-50(47-58-52(55)44-39-34-30-29-32-37-42-49(5)8-3)46-57-51(54)43-38-33-27-25-24-26-31-36-41-48(4)7-2/h48-50H,6-47H2,1-5H3/t48?,49?,50-/m0/s1. The van der Waals surface area contributed by atoms with Gasteiger partial charge >= 0.3 is 17.9 Å². The van der Waals surface area contributed by atoms with E-state index in [2.05, 4.69) is 34.6 Å². The maximum absolute atomic E-state index is 12.8. The fourth-order valence-corrected chi connectivity index (χ4v) is 7.93. The van der Waals surface area contributed by atoms with Crippen LogP contribution in [0.2, 0.25) is 0 Å². The van der Waals surface area contributed by atoms with E-state index in [4.69, 9.17) is 14.2 Å². The molecule has 0 aromatic rings. The first-order valence-electron chi connectivity index (χ1n) is 26.3. The summed E-state index contributed by atoms with van der Waals surface area (Å²) in [5.41, 5.74) is 0. The van der Waals surface area contributed by atoms with E-state index in [1.54, 1.807) is 0 Å². The Kier molecular flexibility index (Phi) is 44.7. The highest BCUT2D eigenvalue weighted by atomic mass is 16.6. The molecule has 0 rings (SSSR count). The van der Waals surface area contributed by atoms with Crippen LogP contribution in [-0.4, -0.2) is 37.2 Å². The van der Waals surface area contributed by atoms with Crippen LogP contribution in [0.25, 0.3) is 0 Å². The SMILES string of the molecule is CCCCCCCCCCCCCCCCCCCCCC(=O)O[C@@H](COC(=O)CCCCCCCCCCC(C)CC)COC(=O)CCCCCCCCC(C)CC. The lowest BCUT2D eigenvalue weighted by molar-refractivity contribution is -0.167. The third-order valence-corrected chi connectivity index (χ3v) is 12.7. The maximum atomic E-state index is 12.8. The number of ether oxygens (including phenoxy) is 3. The van der Waals surface area contributed by atoms with Gasteiger partial charge in [-0.25, -0.2) is 0 Å². The van der Waals surface area contributed by atoms with Gasteiger partial charge in [-0.1, -0.05) is 253 Å². The van der Waals surface area contributed by atoms with Crippen molar-refractivity contribution in [2.75, 3.05) is 13.2 Å². The number of hydrogen-bond acceptors (Lipinski definition) is 6. The molecule has 2 unspecified atom stereocenters. The number of hydrogen-bond donors (Lipinski definition) is 0. The highest BCUT2D eigenvalue weighted by Gasteiger charge is 2.19. The van der Waals surface area contributed by atoms with Crippen LogP contribution < -0.4 is 0 Å². The molecular weight excluding hydrogens is 733 g/mol. The number of carbonyl (C=O) groups is 3. The Labute approximate surface area is 368 Å². The third kappa shape index (κ3) is 44.3. The van der Waals surface area contributed by atoms with Crippen molar-refractivity contribution in [3.63, 3.8) is 0 Å². The molecule has 0 amide bonds.